The van der Waals surface area contributed by atoms with E-state index < -0.39 is 20.6 Å². The molecule has 0 spiro atoms. The Morgan fingerprint density at radius 3 is 2.23 bits per heavy atom. The van der Waals surface area contributed by atoms with Crippen molar-refractivity contribution in [2.75, 3.05) is 6.26 Å². The van der Waals surface area contributed by atoms with Gasteiger partial charge in [0, 0.05) is 6.26 Å². The molecule has 0 saturated heterocycles. The summed E-state index contributed by atoms with van der Waals surface area (Å²) in [6, 6.07) is 0. The SMILES string of the molecule is CCC1CC(C(=O)O)(S(C)(=O)=O)C1. The zero-order valence-corrected chi connectivity index (χ0v) is 8.60. The van der Waals surface area contributed by atoms with E-state index in [9.17, 15) is 13.2 Å². The number of carboxylic acid groups (broad SMARTS) is 1. The van der Waals surface area contributed by atoms with Crippen LogP contribution in [-0.4, -0.2) is 30.5 Å². The van der Waals surface area contributed by atoms with Gasteiger partial charge in [0.25, 0.3) is 0 Å². The highest BCUT2D eigenvalue weighted by atomic mass is 32.2. The van der Waals surface area contributed by atoms with Crippen LogP contribution in [-0.2, 0) is 14.6 Å². The van der Waals surface area contributed by atoms with E-state index in [1.807, 2.05) is 6.92 Å². The molecular formula is C8H14O4S. The van der Waals surface area contributed by atoms with Gasteiger partial charge in [-0.3, -0.25) is 4.79 Å². The van der Waals surface area contributed by atoms with E-state index >= 15 is 0 Å². The topological polar surface area (TPSA) is 71.4 Å². The molecule has 1 rings (SSSR count). The number of carboxylic acids is 1. The largest absolute Gasteiger partial charge is 0.480 e. The first-order chi connectivity index (χ1) is 5.83. The summed E-state index contributed by atoms with van der Waals surface area (Å²) >= 11 is 0. The van der Waals surface area contributed by atoms with E-state index in [0.717, 1.165) is 12.7 Å². The molecule has 13 heavy (non-hydrogen) atoms. The third-order valence-corrected chi connectivity index (χ3v) is 4.84. The zero-order valence-electron chi connectivity index (χ0n) is 7.78. The number of aliphatic carboxylic acids is 1. The van der Waals surface area contributed by atoms with Gasteiger partial charge in [-0.15, -0.1) is 0 Å². The second-order valence-corrected chi connectivity index (χ2v) is 6.08. The Morgan fingerprint density at radius 2 is 2.00 bits per heavy atom. The molecule has 0 amide bonds. The van der Waals surface area contributed by atoms with Crippen molar-refractivity contribution in [3.63, 3.8) is 0 Å². The van der Waals surface area contributed by atoms with Gasteiger partial charge in [-0.05, 0) is 18.8 Å². The minimum atomic E-state index is -3.47. The van der Waals surface area contributed by atoms with Crippen LogP contribution in [0.5, 0.6) is 0 Å². The van der Waals surface area contributed by atoms with Crippen LogP contribution in [0.15, 0.2) is 0 Å². The lowest BCUT2D eigenvalue weighted by Gasteiger charge is -2.42. The fourth-order valence-corrected chi connectivity index (χ4v) is 3.19. The van der Waals surface area contributed by atoms with Crippen molar-refractivity contribution < 1.29 is 18.3 Å². The van der Waals surface area contributed by atoms with Gasteiger partial charge in [-0.2, -0.15) is 0 Å². The monoisotopic (exact) mass is 206 g/mol. The molecule has 1 aliphatic rings. The first-order valence-electron chi connectivity index (χ1n) is 4.26. The number of carbonyl (C=O) groups is 1. The molecule has 1 fully saturated rings. The predicted molar refractivity (Wildman–Crippen MR) is 48.2 cm³/mol. The number of hydrogen-bond acceptors (Lipinski definition) is 3. The lowest BCUT2D eigenvalue weighted by molar-refractivity contribution is -0.144. The van der Waals surface area contributed by atoms with E-state index in [4.69, 9.17) is 5.11 Å². The third kappa shape index (κ3) is 1.45. The molecule has 76 valence electrons. The maximum absolute atomic E-state index is 11.3. The highest BCUT2D eigenvalue weighted by Gasteiger charge is 2.57. The summed E-state index contributed by atoms with van der Waals surface area (Å²) in [5.74, 6) is -0.939. The summed E-state index contributed by atoms with van der Waals surface area (Å²) in [5.41, 5.74) is 0. The smallest absolute Gasteiger partial charge is 0.325 e. The average molecular weight is 206 g/mol. The molecule has 0 radical (unpaired) electrons. The van der Waals surface area contributed by atoms with Crippen molar-refractivity contribution in [2.45, 2.75) is 30.9 Å². The quantitative estimate of drug-likeness (QED) is 0.736. The molecule has 0 atom stereocenters. The molecule has 1 N–H and O–H groups in total. The molecule has 0 heterocycles. The maximum Gasteiger partial charge on any atom is 0.325 e. The van der Waals surface area contributed by atoms with Crippen LogP contribution in [0.25, 0.3) is 0 Å². The minimum Gasteiger partial charge on any atom is -0.480 e. The van der Waals surface area contributed by atoms with Crippen LogP contribution in [0.3, 0.4) is 0 Å². The number of rotatable bonds is 3. The van der Waals surface area contributed by atoms with E-state index in [1.165, 1.54) is 0 Å². The summed E-state index contributed by atoms with van der Waals surface area (Å²) in [7, 11) is -3.47. The van der Waals surface area contributed by atoms with Crippen molar-refractivity contribution >= 4 is 15.8 Å². The van der Waals surface area contributed by atoms with Gasteiger partial charge in [-0.1, -0.05) is 13.3 Å². The maximum atomic E-state index is 11.3. The van der Waals surface area contributed by atoms with Crippen LogP contribution in [0.1, 0.15) is 26.2 Å². The Balaban J connectivity index is 2.91. The van der Waals surface area contributed by atoms with Crippen LogP contribution < -0.4 is 0 Å². The summed E-state index contributed by atoms with van der Waals surface area (Å²) in [4.78, 5) is 10.8. The number of hydrogen-bond donors (Lipinski definition) is 1. The van der Waals surface area contributed by atoms with Gasteiger partial charge in [0.2, 0.25) is 0 Å². The van der Waals surface area contributed by atoms with Crippen molar-refractivity contribution in [1.29, 1.82) is 0 Å². The van der Waals surface area contributed by atoms with Crippen molar-refractivity contribution in [3.05, 3.63) is 0 Å². The molecule has 0 aromatic rings. The lowest BCUT2D eigenvalue weighted by atomic mass is 9.73. The van der Waals surface area contributed by atoms with Gasteiger partial charge >= 0.3 is 5.97 Å². The Morgan fingerprint density at radius 1 is 1.54 bits per heavy atom. The summed E-state index contributed by atoms with van der Waals surface area (Å²) in [6.45, 7) is 1.94. The highest BCUT2D eigenvalue weighted by molar-refractivity contribution is 7.92. The van der Waals surface area contributed by atoms with E-state index in [2.05, 4.69) is 0 Å². The Labute approximate surface area is 77.9 Å². The van der Waals surface area contributed by atoms with Crippen molar-refractivity contribution in [1.82, 2.24) is 0 Å². The minimum absolute atomic E-state index is 0.255. The van der Waals surface area contributed by atoms with Gasteiger partial charge in [-0.25, -0.2) is 8.42 Å². The van der Waals surface area contributed by atoms with Gasteiger partial charge < -0.3 is 5.11 Å². The van der Waals surface area contributed by atoms with Gasteiger partial charge in [0.05, 0.1) is 0 Å². The van der Waals surface area contributed by atoms with Crippen LogP contribution in [0.2, 0.25) is 0 Å². The predicted octanol–water partition coefficient (Wildman–Crippen LogP) is 0.674. The molecule has 0 aliphatic heterocycles. The van der Waals surface area contributed by atoms with Crippen LogP contribution >= 0.6 is 0 Å². The fraction of sp³-hybridized carbons (Fsp3) is 0.875. The highest BCUT2D eigenvalue weighted by Crippen LogP contribution is 2.45. The second-order valence-electron chi connectivity index (χ2n) is 3.75. The first kappa shape index (κ1) is 10.5. The van der Waals surface area contributed by atoms with Gasteiger partial charge in [0.1, 0.15) is 0 Å². The van der Waals surface area contributed by atoms with Gasteiger partial charge in [0.15, 0.2) is 14.6 Å². The average Bonchev–Trinajstić information content (AvgIpc) is 1.80. The summed E-state index contributed by atoms with van der Waals surface area (Å²) in [6.07, 6.45) is 2.41. The van der Waals surface area contributed by atoms with Crippen LogP contribution in [0.4, 0.5) is 0 Å². The fourth-order valence-electron chi connectivity index (χ4n) is 1.80. The van der Waals surface area contributed by atoms with E-state index in [1.54, 1.807) is 0 Å². The Kier molecular flexibility index (Phi) is 2.40. The van der Waals surface area contributed by atoms with Crippen LogP contribution in [0, 0.1) is 5.92 Å². The summed E-state index contributed by atoms with van der Waals surface area (Å²) < 4.78 is 21.0. The molecule has 0 aromatic heterocycles. The second kappa shape index (κ2) is 2.97. The molecule has 0 aromatic carbocycles. The molecule has 1 aliphatic carbocycles. The normalized spacial score (nSPS) is 33.8. The molecule has 0 bridgehead atoms. The molecular weight excluding hydrogens is 192 g/mol. The third-order valence-electron chi connectivity index (χ3n) is 2.91. The number of sulfone groups is 1. The molecule has 0 unspecified atom stereocenters. The van der Waals surface area contributed by atoms with E-state index in [-0.39, 0.29) is 18.8 Å². The lowest BCUT2D eigenvalue weighted by Crippen LogP contribution is -2.55. The molecule has 4 nitrogen and oxygen atoms in total. The summed E-state index contributed by atoms with van der Waals surface area (Å²) in [5, 5.41) is 8.85. The van der Waals surface area contributed by atoms with Crippen molar-refractivity contribution in [2.24, 2.45) is 5.92 Å². The zero-order chi connectivity index (χ0) is 10.3. The van der Waals surface area contributed by atoms with E-state index in [0.29, 0.717) is 0 Å². The molecule has 1 saturated carbocycles. The van der Waals surface area contributed by atoms with Crippen molar-refractivity contribution in [3.8, 4) is 0 Å². The Hall–Kier alpha value is -0.580. The first-order valence-corrected chi connectivity index (χ1v) is 6.15. The standard InChI is InChI=1S/C8H14O4S/c1-3-6-4-8(5-6,7(9)10)13(2,11)12/h6H,3-5H2,1-2H3,(H,9,10). The Bertz CT molecular complexity index is 311. The molecule has 5 heteroatoms.